The summed E-state index contributed by atoms with van der Waals surface area (Å²) >= 11 is 0. The van der Waals surface area contributed by atoms with Crippen molar-refractivity contribution >= 4 is 17.8 Å². The first-order chi connectivity index (χ1) is 10.9. The van der Waals surface area contributed by atoms with Crippen LogP contribution in [-0.4, -0.2) is 53.8 Å². The van der Waals surface area contributed by atoms with Crippen LogP contribution in [0.25, 0.3) is 0 Å². The third-order valence-corrected chi connectivity index (χ3v) is 3.46. The molecule has 124 valence electrons. The zero-order valence-electron chi connectivity index (χ0n) is 12.4. The fourth-order valence-corrected chi connectivity index (χ4v) is 2.27. The van der Waals surface area contributed by atoms with Crippen LogP contribution in [0.3, 0.4) is 0 Å². The minimum Gasteiger partial charge on any atom is -0.374 e. The number of hydrogen-bond acceptors (Lipinski definition) is 4. The van der Waals surface area contributed by atoms with Gasteiger partial charge in [-0.1, -0.05) is 30.3 Å². The van der Waals surface area contributed by atoms with E-state index in [1.54, 1.807) is 37.3 Å². The van der Waals surface area contributed by atoms with Crippen LogP contribution in [0.1, 0.15) is 18.5 Å². The molecular formula is C15H16F2N2O4. The standard InChI is InChI=1S/C15H16F2N2O4/c1-10(11-5-3-2-4-6-11)19-14(21)13(20)18(15(19)22)7-8-23-9-12(16)17/h2-6,10,12H,7-9H2,1H3. The van der Waals surface area contributed by atoms with E-state index in [0.29, 0.717) is 10.5 Å². The Kier molecular flexibility index (Phi) is 5.38. The van der Waals surface area contributed by atoms with Crippen molar-refractivity contribution in [3.05, 3.63) is 35.9 Å². The summed E-state index contributed by atoms with van der Waals surface area (Å²) < 4.78 is 28.6. The van der Waals surface area contributed by atoms with E-state index in [1.807, 2.05) is 0 Å². The van der Waals surface area contributed by atoms with Gasteiger partial charge in [0.25, 0.3) is 6.43 Å². The van der Waals surface area contributed by atoms with Crippen LogP contribution in [0.2, 0.25) is 0 Å². The van der Waals surface area contributed by atoms with E-state index in [-0.39, 0.29) is 13.2 Å². The van der Waals surface area contributed by atoms with Gasteiger partial charge in [-0.3, -0.25) is 14.5 Å². The molecule has 0 bridgehead atoms. The molecule has 1 atom stereocenters. The van der Waals surface area contributed by atoms with Gasteiger partial charge in [0.2, 0.25) is 0 Å². The van der Waals surface area contributed by atoms with Crippen LogP contribution in [0.15, 0.2) is 30.3 Å². The van der Waals surface area contributed by atoms with Crippen LogP contribution in [0.4, 0.5) is 13.6 Å². The van der Waals surface area contributed by atoms with E-state index in [1.165, 1.54) is 0 Å². The lowest BCUT2D eigenvalue weighted by atomic mass is 10.1. The van der Waals surface area contributed by atoms with Gasteiger partial charge in [-0.15, -0.1) is 0 Å². The second-order valence-electron chi connectivity index (χ2n) is 4.97. The van der Waals surface area contributed by atoms with Crippen LogP contribution in [0, 0.1) is 0 Å². The minimum absolute atomic E-state index is 0.242. The molecule has 23 heavy (non-hydrogen) atoms. The smallest absolute Gasteiger partial charge is 0.334 e. The number of carbonyl (C=O) groups is 3. The van der Waals surface area contributed by atoms with Crippen molar-refractivity contribution < 1.29 is 27.9 Å². The van der Waals surface area contributed by atoms with Crippen molar-refractivity contribution in [2.24, 2.45) is 0 Å². The Morgan fingerprint density at radius 1 is 1.09 bits per heavy atom. The van der Waals surface area contributed by atoms with E-state index in [4.69, 9.17) is 0 Å². The molecule has 1 saturated heterocycles. The van der Waals surface area contributed by atoms with Crippen LogP contribution in [0.5, 0.6) is 0 Å². The molecule has 1 aliphatic rings. The van der Waals surface area contributed by atoms with Crippen LogP contribution in [-0.2, 0) is 14.3 Å². The Hall–Kier alpha value is -2.35. The van der Waals surface area contributed by atoms with Crippen molar-refractivity contribution in [2.45, 2.75) is 19.4 Å². The number of halogens is 2. The maximum Gasteiger partial charge on any atom is 0.334 e. The molecule has 0 radical (unpaired) electrons. The number of rotatable bonds is 7. The average molecular weight is 326 g/mol. The SMILES string of the molecule is CC(c1ccccc1)N1C(=O)C(=O)N(CCOCC(F)F)C1=O. The van der Waals surface area contributed by atoms with Crippen molar-refractivity contribution in [3.63, 3.8) is 0 Å². The molecule has 2 rings (SSSR count). The third-order valence-electron chi connectivity index (χ3n) is 3.46. The first kappa shape index (κ1) is 17.0. The third kappa shape index (κ3) is 3.70. The van der Waals surface area contributed by atoms with Gasteiger partial charge in [0.05, 0.1) is 19.2 Å². The molecule has 1 heterocycles. The Bertz CT molecular complexity index is 594. The Morgan fingerprint density at radius 3 is 2.35 bits per heavy atom. The summed E-state index contributed by atoms with van der Waals surface area (Å²) in [5, 5.41) is 0. The van der Waals surface area contributed by atoms with E-state index in [2.05, 4.69) is 4.74 Å². The highest BCUT2D eigenvalue weighted by molar-refractivity contribution is 6.44. The summed E-state index contributed by atoms with van der Waals surface area (Å²) in [6, 6.07) is 7.42. The number of amides is 4. The molecule has 0 spiro atoms. The molecule has 1 aromatic rings. The molecule has 1 unspecified atom stereocenters. The van der Waals surface area contributed by atoms with Gasteiger partial charge >= 0.3 is 17.8 Å². The predicted molar refractivity (Wildman–Crippen MR) is 75.6 cm³/mol. The second-order valence-corrected chi connectivity index (χ2v) is 4.97. The zero-order chi connectivity index (χ0) is 17.0. The molecular weight excluding hydrogens is 310 g/mol. The normalized spacial score (nSPS) is 16.6. The number of carbonyl (C=O) groups excluding carboxylic acids is 3. The monoisotopic (exact) mass is 326 g/mol. The van der Waals surface area contributed by atoms with Crippen LogP contribution < -0.4 is 0 Å². The number of imide groups is 2. The molecule has 0 saturated carbocycles. The van der Waals surface area contributed by atoms with E-state index in [9.17, 15) is 23.2 Å². The molecule has 1 aliphatic heterocycles. The summed E-state index contributed by atoms with van der Waals surface area (Å²) in [4.78, 5) is 37.8. The summed E-state index contributed by atoms with van der Waals surface area (Å²) in [6.07, 6.45) is -2.63. The number of hydrogen-bond donors (Lipinski definition) is 0. The molecule has 0 N–H and O–H groups in total. The molecule has 0 aromatic heterocycles. The van der Waals surface area contributed by atoms with Crippen molar-refractivity contribution in [1.29, 1.82) is 0 Å². The molecule has 1 aromatic carbocycles. The molecule has 0 aliphatic carbocycles. The summed E-state index contributed by atoms with van der Waals surface area (Å²) in [6.45, 7) is 0.361. The van der Waals surface area contributed by atoms with Crippen molar-refractivity contribution in [3.8, 4) is 0 Å². The Labute approximate surface area is 131 Å². The zero-order valence-corrected chi connectivity index (χ0v) is 12.4. The average Bonchev–Trinajstić information content (AvgIpc) is 2.74. The van der Waals surface area contributed by atoms with Crippen LogP contribution >= 0.6 is 0 Å². The number of ether oxygens (including phenoxy) is 1. The molecule has 8 heteroatoms. The fourth-order valence-electron chi connectivity index (χ4n) is 2.27. The van der Waals surface area contributed by atoms with Gasteiger partial charge < -0.3 is 4.74 Å². The van der Waals surface area contributed by atoms with Gasteiger partial charge in [-0.05, 0) is 12.5 Å². The van der Waals surface area contributed by atoms with Gasteiger partial charge in [0.1, 0.15) is 6.61 Å². The van der Waals surface area contributed by atoms with E-state index < -0.39 is 36.9 Å². The first-order valence-corrected chi connectivity index (χ1v) is 7.03. The number of alkyl halides is 2. The topological polar surface area (TPSA) is 66.9 Å². The second kappa shape index (κ2) is 7.28. The molecule has 1 fully saturated rings. The maximum atomic E-state index is 12.3. The van der Waals surface area contributed by atoms with E-state index in [0.717, 1.165) is 4.90 Å². The Balaban J connectivity index is 2.04. The maximum absolute atomic E-state index is 12.3. The lowest BCUT2D eigenvalue weighted by molar-refractivity contribution is -0.144. The number of nitrogens with zero attached hydrogens (tertiary/aromatic N) is 2. The fraction of sp³-hybridized carbons (Fsp3) is 0.400. The summed E-state index contributed by atoms with van der Waals surface area (Å²) in [5.41, 5.74) is 0.706. The van der Waals surface area contributed by atoms with Gasteiger partial charge in [-0.2, -0.15) is 0 Å². The summed E-state index contributed by atoms with van der Waals surface area (Å²) in [5.74, 6) is -1.90. The molecule has 6 nitrogen and oxygen atoms in total. The quantitative estimate of drug-likeness (QED) is 0.435. The number of benzene rings is 1. The largest absolute Gasteiger partial charge is 0.374 e. The van der Waals surface area contributed by atoms with Gasteiger partial charge in [0.15, 0.2) is 0 Å². The number of urea groups is 1. The molecule has 4 amide bonds. The van der Waals surface area contributed by atoms with E-state index >= 15 is 0 Å². The predicted octanol–water partition coefficient (Wildman–Crippen LogP) is 1.82. The van der Waals surface area contributed by atoms with Gasteiger partial charge in [-0.25, -0.2) is 18.5 Å². The van der Waals surface area contributed by atoms with Gasteiger partial charge in [0, 0.05) is 0 Å². The lowest BCUT2D eigenvalue weighted by Gasteiger charge is -2.22. The lowest BCUT2D eigenvalue weighted by Crippen LogP contribution is -2.36. The minimum atomic E-state index is -2.63. The first-order valence-electron chi connectivity index (χ1n) is 7.03. The highest BCUT2D eigenvalue weighted by Gasteiger charge is 2.46. The Morgan fingerprint density at radius 2 is 1.74 bits per heavy atom. The van der Waals surface area contributed by atoms with Crippen molar-refractivity contribution in [2.75, 3.05) is 19.8 Å². The highest BCUT2D eigenvalue weighted by Crippen LogP contribution is 2.25. The summed E-state index contributed by atoms with van der Waals surface area (Å²) in [7, 11) is 0. The highest BCUT2D eigenvalue weighted by atomic mass is 19.3. The van der Waals surface area contributed by atoms with Crippen molar-refractivity contribution in [1.82, 2.24) is 9.80 Å².